The average Bonchev–Trinajstić information content (AvgIpc) is 2.93. The molecule has 1 aromatic heterocycles. The Morgan fingerprint density at radius 3 is 2.82 bits per heavy atom. The van der Waals surface area contributed by atoms with Gasteiger partial charge in [-0.15, -0.1) is 0 Å². The van der Waals surface area contributed by atoms with Crippen molar-refractivity contribution >= 4 is 23.2 Å². The quantitative estimate of drug-likeness (QED) is 0.946. The van der Waals surface area contributed by atoms with Gasteiger partial charge in [0.25, 0.3) is 0 Å². The number of carbonyl (C=O) groups is 1. The first-order valence-electron chi connectivity index (χ1n) is 7.24. The molecule has 0 saturated carbocycles. The predicted molar refractivity (Wildman–Crippen MR) is 85.0 cm³/mol. The summed E-state index contributed by atoms with van der Waals surface area (Å²) in [6.07, 6.45) is 4.70. The summed E-state index contributed by atoms with van der Waals surface area (Å²) in [7, 11) is 1.82. The van der Waals surface area contributed by atoms with Gasteiger partial charge in [0.05, 0.1) is 17.3 Å². The fourth-order valence-corrected chi connectivity index (χ4v) is 3.08. The highest BCUT2D eigenvalue weighted by molar-refractivity contribution is 6.30. The van der Waals surface area contributed by atoms with Crippen LogP contribution in [0.5, 0.6) is 0 Å². The molecular formula is C16H18ClN3O2. The third-order valence-corrected chi connectivity index (χ3v) is 4.36. The largest absolute Gasteiger partial charge is 0.381 e. The van der Waals surface area contributed by atoms with Crippen LogP contribution in [-0.4, -0.2) is 28.9 Å². The lowest BCUT2D eigenvalue weighted by atomic mass is 9.73. The minimum Gasteiger partial charge on any atom is -0.381 e. The second-order valence-corrected chi connectivity index (χ2v) is 6.00. The molecule has 0 spiro atoms. The van der Waals surface area contributed by atoms with Crippen LogP contribution in [0.15, 0.2) is 36.7 Å². The van der Waals surface area contributed by atoms with E-state index in [2.05, 4.69) is 10.4 Å². The Morgan fingerprint density at radius 1 is 1.41 bits per heavy atom. The van der Waals surface area contributed by atoms with Gasteiger partial charge in [0.15, 0.2) is 0 Å². The van der Waals surface area contributed by atoms with Crippen molar-refractivity contribution in [2.45, 2.75) is 18.3 Å². The Labute approximate surface area is 134 Å². The number of amides is 1. The fourth-order valence-electron chi connectivity index (χ4n) is 2.89. The van der Waals surface area contributed by atoms with Crippen molar-refractivity contribution in [1.29, 1.82) is 0 Å². The van der Waals surface area contributed by atoms with Gasteiger partial charge in [0.2, 0.25) is 5.91 Å². The van der Waals surface area contributed by atoms with E-state index < -0.39 is 5.41 Å². The lowest BCUT2D eigenvalue weighted by Gasteiger charge is -2.36. The summed E-state index contributed by atoms with van der Waals surface area (Å²) < 4.78 is 7.11. The monoisotopic (exact) mass is 319 g/mol. The molecule has 2 aromatic rings. The van der Waals surface area contributed by atoms with Gasteiger partial charge in [-0.05, 0) is 30.5 Å². The van der Waals surface area contributed by atoms with E-state index in [-0.39, 0.29) is 5.91 Å². The van der Waals surface area contributed by atoms with Crippen LogP contribution in [0.3, 0.4) is 0 Å². The maximum Gasteiger partial charge on any atom is 0.235 e. The molecule has 1 fully saturated rings. The van der Waals surface area contributed by atoms with Crippen molar-refractivity contribution in [3.8, 4) is 0 Å². The summed E-state index contributed by atoms with van der Waals surface area (Å²) in [5.41, 5.74) is 1.02. The second-order valence-electron chi connectivity index (χ2n) is 5.56. The van der Waals surface area contributed by atoms with E-state index >= 15 is 0 Å². The molecule has 3 rings (SSSR count). The molecule has 0 bridgehead atoms. The van der Waals surface area contributed by atoms with Crippen LogP contribution in [0.25, 0.3) is 0 Å². The lowest BCUT2D eigenvalue weighted by molar-refractivity contribution is -0.125. The number of aromatic nitrogens is 2. The van der Waals surface area contributed by atoms with Crippen molar-refractivity contribution in [2.24, 2.45) is 7.05 Å². The molecular weight excluding hydrogens is 302 g/mol. The highest BCUT2D eigenvalue weighted by atomic mass is 35.5. The van der Waals surface area contributed by atoms with Crippen molar-refractivity contribution < 1.29 is 9.53 Å². The van der Waals surface area contributed by atoms with Crippen LogP contribution >= 0.6 is 11.6 Å². The third-order valence-electron chi connectivity index (χ3n) is 4.12. The Kier molecular flexibility index (Phi) is 4.18. The topological polar surface area (TPSA) is 56.2 Å². The fraction of sp³-hybridized carbons (Fsp3) is 0.375. The zero-order valence-corrected chi connectivity index (χ0v) is 13.1. The van der Waals surface area contributed by atoms with Gasteiger partial charge in [-0.2, -0.15) is 5.10 Å². The molecule has 0 aliphatic carbocycles. The number of nitrogens with one attached hydrogen (secondary N) is 1. The highest BCUT2D eigenvalue weighted by Gasteiger charge is 2.42. The van der Waals surface area contributed by atoms with E-state index in [1.807, 2.05) is 31.3 Å². The second kappa shape index (κ2) is 6.10. The van der Waals surface area contributed by atoms with Crippen molar-refractivity contribution in [2.75, 3.05) is 18.5 Å². The summed E-state index contributed by atoms with van der Waals surface area (Å²) in [6.45, 7) is 1.12. The lowest BCUT2D eigenvalue weighted by Crippen LogP contribution is -2.44. The summed E-state index contributed by atoms with van der Waals surface area (Å²) in [4.78, 5) is 13.0. The highest BCUT2D eigenvalue weighted by Crippen LogP contribution is 2.37. The molecule has 5 nitrogen and oxygen atoms in total. The summed E-state index contributed by atoms with van der Waals surface area (Å²) in [5.74, 6) is -0.0360. The number of nitrogens with zero attached hydrogens (tertiary/aromatic N) is 2. The van der Waals surface area contributed by atoms with Gasteiger partial charge in [0.1, 0.15) is 0 Å². The molecule has 0 atom stereocenters. The predicted octanol–water partition coefficient (Wildman–Crippen LogP) is 2.76. The van der Waals surface area contributed by atoms with E-state index in [4.69, 9.17) is 16.3 Å². The molecule has 1 N–H and O–H groups in total. The van der Waals surface area contributed by atoms with E-state index in [0.717, 1.165) is 5.56 Å². The Hall–Kier alpha value is -1.85. The van der Waals surface area contributed by atoms with E-state index in [1.165, 1.54) is 0 Å². The summed E-state index contributed by atoms with van der Waals surface area (Å²) in [6, 6.07) is 7.53. The average molecular weight is 320 g/mol. The van der Waals surface area contributed by atoms with Gasteiger partial charge >= 0.3 is 0 Å². The normalized spacial score (nSPS) is 17.2. The standard InChI is InChI=1S/C16H18ClN3O2/c1-20-11-14(10-18-20)19-15(21)16(5-7-22-8-6-16)12-3-2-4-13(17)9-12/h2-4,9-11H,5-8H2,1H3,(H,19,21). The summed E-state index contributed by atoms with van der Waals surface area (Å²) in [5, 5.41) is 7.69. The molecule has 22 heavy (non-hydrogen) atoms. The zero-order valence-electron chi connectivity index (χ0n) is 12.4. The molecule has 1 aliphatic rings. The van der Waals surface area contributed by atoms with Crippen molar-refractivity contribution in [3.63, 3.8) is 0 Å². The number of hydrogen-bond donors (Lipinski definition) is 1. The van der Waals surface area contributed by atoms with Crippen LogP contribution in [0.1, 0.15) is 18.4 Å². The van der Waals surface area contributed by atoms with E-state index in [9.17, 15) is 4.79 Å². The number of halogens is 1. The van der Waals surface area contributed by atoms with Gasteiger partial charge in [0, 0.05) is 31.5 Å². The minimum atomic E-state index is -0.612. The maximum absolute atomic E-state index is 13.0. The Bertz CT molecular complexity index is 678. The van der Waals surface area contributed by atoms with Gasteiger partial charge in [-0.1, -0.05) is 23.7 Å². The first-order chi connectivity index (χ1) is 10.6. The van der Waals surface area contributed by atoms with Crippen LogP contribution in [0, 0.1) is 0 Å². The number of rotatable bonds is 3. The molecule has 116 valence electrons. The van der Waals surface area contributed by atoms with Gasteiger partial charge in [-0.3, -0.25) is 9.48 Å². The maximum atomic E-state index is 13.0. The molecule has 6 heteroatoms. The first kappa shape index (κ1) is 15.1. The molecule has 0 radical (unpaired) electrons. The molecule has 1 saturated heterocycles. The van der Waals surface area contributed by atoms with E-state index in [1.54, 1.807) is 17.1 Å². The third kappa shape index (κ3) is 2.87. The minimum absolute atomic E-state index is 0.0360. The van der Waals surface area contributed by atoms with Gasteiger partial charge < -0.3 is 10.1 Å². The summed E-state index contributed by atoms with van der Waals surface area (Å²) >= 11 is 6.12. The smallest absolute Gasteiger partial charge is 0.235 e. The van der Waals surface area contributed by atoms with Gasteiger partial charge in [-0.25, -0.2) is 0 Å². The molecule has 1 amide bonds. The molecule has 1 aromatic carbocycles. The number of benzene rings is 1. The SMILES string of the molecule is Cn1cc(NC(=O)C2(c3cccc(Cl)c3)CCOCC2)cn1. The number of ether oxygens (including phenoxy) is 1. The number of aryl methyl sites for hydroxylation is 1. The number of hydrogen-bond acceptors (Lipinski definition) is 3. The Morgan fingerprint density at radius 2 is 2.18 bits per heavy atom. The number of anilines is 1. The zero-order chi connectivity index (χ0) is 15.6. The molecule has 2 heterocycles. The van der Waals surface area contributed by atoms with Crippen LogP contribution in [0.2, 0.25) is 5.02 Å². The molecule has 1 aliphatic heterocycles. The van der Waals surface area contributed by atoms with E-state index in [0.29, 0.717) is 36.8 Å². The van der Waals surface area contributed by atoms with Crippen LogP contribution < -0.4 is 5.32 Å². The Balaban J connectivity index is 1.93. The van der Waals surface area contributed by atoms with Crippen LogP contribution in [0.4, 0.5) is 5.69 Å². The number of carbonyl (C=O) groups excluding carboxylic acids is 1. The first-order valence-corrected chi connectivity index (χ1v) is 7.62. The van der Waals surface area contributed by atoms with Crippen molar-refractivity contribution in [3.05, 3.63) is 47.2 Å². The van der Waals surface area contributed by atoms with Crippen molar-refractivity contribution in [1.82, 2.24) is 9.78 Å². The van der Waals surface area contributed by atoms with Crippen LogP contribution in [-0.2, 0) is 22.0 Å². The molecule has 0 unspecified atom stereocenters.